The first-order valence-electron chi connectivity index (χ1n) is 40.6. The number of hydrogen-bond donors (Lipinski definition) is 1. The topological polar surface area (TPSA) is 372 Å². The first-order chi connectivity index (χ1) is 62.7. The number of pyridine rings is 6. The van der Waals surface area contributed by atoms with E-state index in [1.807, 2.05) is 232 Å². The summed E-state index contributed by atoms with van der Waals surface area (Å²) < 4.78 is 42.6. The molecule has 16 heterocycles. The summed E-state index contributed by atoms with van der Waals surface area (Å²) in [5.74, 6) is 7.21. The van der Waals surface area contributed by atoms with Crippen LogP contribution in [0.4, 0.5) is 22.7 Å². The van der Waals surface area contributed by atoms with Gasteiger partial charge in [0, 0.05) is 222 Å². The SMILES string of the molecule is CN(C)c1cccc(-c2nc(-c3ccncc3)no2)c1.CNc1cccc(-c2nc(-c3ccncc3)no2)c1.c1cc(-c2ccco2)cc(-c2nc(-c3ccncc3)no2)c1.c1cc(-c2cocn2)cc(-c2nc(-c3ccncc3)no2)c1.c1cc(-c2nc(-c3ccncc3)no2)cc(N2CCCC2)c1.c1cc(-c2noc(-c3ccc(N4CCCC4)cc3)n2)ccn1. The minimum absolute atomic E-state index is 0.456. The summed E-state index contributed by atoms with van der Waals surface area (Å²) in [6.45, 7) is 4.53. The van der Waals surface area contributed by atoms with Crippen LogP contribution in [0.1, 0.15) is 25.7 Å². The molecule has 0 aliphatic carbocycles. The van der Waals surface area contributed by atoms with Crippen LogP contribution in [0.3, 0.4) is 0 Å². The molecule has 14 aromatic heterocycles. The zero-order chi connectivity index (χ0) is 86.1. The van der Waals surface area contributed by atoms with E-state index in [1.54, 1.807) is 86.9 Å². The molecule has 0 atom stereocenters. The van der Waals surface area contributed by atoms with Gasteiger partial charge in [-0.3, -0.25) is 29.9 Å². The molecule has 31 heteroatoms. The lowest BCUT2D eigenvalue weighted by atomic mass is 10.1. The Balaban J connectivity index is 0.000000107. The molecule has 0 saturated carbocycles. The van der Waals surface area contributed by atoms with Crippen molar-refractivity contribution in [3.63, 3.8) is 0 Å². The molecule has 1 N–H and O–H groups in total. The monoisotopic (exact) mass is 1680 g/mol. The van der Waals surface area contributed by atoms with Gasteiger partial charge in [-0.1, -0.05) is 73.4 Å². The molecular formula is C96H79N23O8. The maximum absolute atomic E-state index is 5.42. The molecule has 0 spiro atoms. The van der Waals surface area contributed by atoms with Gasteiger partial charge in [0.25, 0.3) is 35.3 Å². The number of anilines is 4. The highest BCUT2D eigenvalue weighted by Gasteiger charge is 2.21. The van der Waals surface area contributed by atoms with E-state index in [0.29, 0.717) is 70.3 Å². The van der Waals surface area contributed by atoms with Crippen molar-refractivity contribution in [2.45, 2.75) is 25.7 Å². The second kappa shape index (κ2) is 40.4. The predicted molar refractivity (Wildman–Crippen MR) is 478 cm³/mol. The maximum atomic E-state index is 5.42. The van der Waals surface area contributed by atoms with Crippen LogP contribution in [0.15, 0.2) is 360 Å². The van der Waals surface area contributed by atoms with Gasteiger partial charge in [0.15, 0.2) is 6.39 Å². The maximum Gasteiger partial charge on any atom is 0.258 e. The van der Waals surface area contributed by atoms with E-state index < -0.39 is 0 Å². The molecule has 626 valence electrons. The number of oxazole rings is 1. The van der Waals surface area contributed by atoms with Gasteiger partial charge in [-0.05, 0) is 214 Å². The molecule has 0 radical (unpaired) electrons. The van der Waals surface area contributed by atoms with Gasteiger partial charge in [0.1, 0.15) is 17.7 Å². The molecule has 2 aliphatic rings. The van der Waals surface area contributed by atoms with Crippen molar-refractivity contribution < 1.29 is 36.0 Å². The Bertz CT molecular complexity index is 6620. The average molecular weight is 1680 g/mol. The molecule has 2 saturated heterocycles. The van der Waals surface area contributed by atoms with Gasteiger partial charge in [0.2, 0.25) is 34.9 Å². The first-order valence-corrected chi connectivity index (χ1v) is 40.6. The second-order valence-electron chi connectivity index (χ2n) is 28.7. The fourth-order valence-electron chi connectivity index (χ4n) is 13.5. The Morgan fingerprint density at radius 2 is 0.638 bits per heavy atom. The van der Waals surface area contributed by atoms with Crippen molar-refractivity contribution in [3.05, 3.63) is 324 Å². The average Bonchev–Trinajstić information content (AvgIpc) is 1.72. The molecule has 2 fully saturated rings. The summed E-state index contributed by atoms with van der Waals surface area (Å²) in [5, 5.41) is 27.2. The Hall–Kier alpha value is -17.3. The Morgan fingerprint density at radius 1 is 0.299 bits per heavy atom. The Morgan fingerprint density at radius 3 is 1.02 bits per heavy atom. The third-order valence-corrected chi connectivity index (χ3v) is 20.1. The summed E-state index contributed by atoms with van der Waals surface area (Å²) in [6.07, 6.45) is 30.2. The van der Waals surface area contributed by atoms with Crippen LogP contribution in [0.2, 0.25) is 0 Å². The predicted octanol–water partition coefficient (Wildman–Crippen LogP) is 20.0. The molecular weight excluding hydrogens is 1600 g/mol. The van der Waals surface area contributed by atoms with E-state index in [0.717, 1.165) is 127 Å². The van der Waals surface area contributed by atoms with E-state index in [9.17, 15) is 0 Å². The van der Waals surface area contributed by atoms with E-state index in [1.165, 1.54) is 43.5 Å². The summed E-state index contributed by atoms with van der Waals surface area (Å²) in [4.78, 5) is 61.5. The lowest BCUT2D eigenvalue weighted by molar-refractivity contribution is 0.432. The van der Waals surface area contributed by atoms with Gasteiger partial charge >= 0.3 is 0 Å². The number of nitrogens with one attached hydrogen (secondary N) is 1. The minimum atomic E-state index is 0.456. The Kier molecular flexibility index (Phi) is 26.1. The van der Waals surface area contributed by atoms with E-state index in [4.69, 9.17) is 36.0 Å². The largest absolute Gasteiger partial charge is 0.464 e. The smallest absolute Gasteiger partial charge is 0.258 e. The molecule has 0 unspecified atom stereocenters. The number of benzene rings is 6. The van der Waals surface area contributed by atoms with Crippen LogP contribution in [-0.2, 0) is 0 Å². The van der Waals surface area contributed by atoms with Gasteiger partial charge in [-0.25, -0.2) is 4.98 Å². The highest BCUT2D eigenvalue weighted by atomic mass is 16.5. The Labute approximate surface area is 727 Å². The molecule has 6 aromatic carbocycles. The molecule has 0 bridgehead atoms. The number of hydrogen-bond acceptors (Lipinski definition) is 31. The van der Waals surface area contributed by atoms with Crippen molar-refractivity contribution in [2.75, 3.05) is 67.3 Å². The van der Waals surface area contributed by atoms with Crippen molar-refractivity contribution >= 4 is 22.7 Å². The van der Waals surface area contributed by atoms with Crippen molar-refractivity contribution in [1.29, 1.82) is 0 Å². The molecule has 31 nitrogen and oxygen atoms in total. The number of nitrogens with zero attached hydrogens (tertiary/aromatic N) is 22. The summed E-state index contributed by atoms with van der Waals surface area (Å²) in [5.41, 5.74) is 17.9. The zero-order valence-electron chi connectivity index (χ0n) is 68.9. The fraction of sp³-hybridized carbons (Fsp3) is 0.115. The minimum Gasteiger partial charge on any atom is -0.464 e. The van der Waals surface area contributed by atoms with E-state index >= 15 is 0 Å². The third kappa shape index (κ3) is 21.0. The van der Waals surface area contributed by atoms with Crippen molar-refractivity contribution in [3.8, 4) is 160 Å². The van der Waals surface area contributed by atoms with Gasteiger partial charge in [-0.2, -0.15) is 29.9 Å². The zero-order valence-corrected chi connectivity index (χ0v) is 68.9. The third-order valence-electron chi connectivity index (χ3n) is 20.1. The second-order valence-corrected chi connectivity index (χ2v) is 28.7. The quantitative estimate of drug-likeness (QED) is 0.0833. The van der Waals surface area contributed by atoms with Crippen LogP contribution < -0.4 is 20.0 Å². The van der Waals surface area contributed by atoms with Crippen LogP contribution in [0, 0.1) is 0 Å². The van der Waals surface area contributed by atoms with Crippen molar-refractivity contribution in [1.82, 2.24) is 95.7 Å². The van der Waals surface area contributed by atoms with Crippen molar-refractivity contribution in [2.24, 2.45) is 0 Å². The summed E-state index contributed by atoms with van der Waals surface area (Å²) in [7, 11) is 5.86. The number of aromatic nitrogens is 19. The van der Waals surface area contributed by atoms with Crippen LogP contribution >= 0.6 is 0 Å². The van der Waals surface area contributed by atoms with E-state index in [-0.39, 0.29) is 0 Å². The summed E-state index contributed by atoms with van der Waals surface area (Å²) in [6, 6.07) is 73.9. The molecule has 22 rings (SSSR count). The lowest BCUT2D eigenvalue weighted by Gasteiger charge is -2.17. The highest BCUT2D eigenvalue weighted by molar-refractivity contribution is 5.72. The number of rotatable bonds is 18. The normalized spacial score (nSPS) is 11.9. The first kappa shape index (κ1) is 82.1. The fourth-order valence-corrected chi connectivity index (χ4v) is 13.5. The van der Waals surface area contributed by atoms with Crippen LogP contribution in [0.25, 0.3) is 160 Å². The van der Waals surface area contributed by atoms with Crippen LogP contribution in [0.5, 0.6) is 0 Å². The molecule has 2 aliphatic heterocycles. The lowest BCUT2D eigenvalue weighted by Crippen LogP contribution is -2.17. The van der Waals surface area contributed by atoms with Gasteiger partial charge in [0.05, 0.1) is 6.26 Å². The van der Waals surface area contributed by atoms with E-state index in [2.05, 4.69) is 135 Å². The van der Waals surface area contributed by atoms with Gasteiger partial charge < -0.3 is 56.0 Å². The van der Waals surface area contributed by atoms with Gasteiger partial charge in [-0.15, -0.1) is 0 Å². The molecule has 20 aromatic rings. The highest BCUT2D eigenvalue weighted by Crippen LogP contribution is 2.34. The molecule has 0 amide bonds. The van der Waals surface area contributed by atoms with Crippen LogP contribution in [-0.4, -0.2) is 143 Å². The standard InChI is InChI=1S/2C17H16N4O.C17H11N3O2.C16H10N4O2.C15H14N4O.C14H12N4O/c1-2-12-21(11-1)15-5-3-14(4-6-15)17-19-16(20-22-17)13-7-9-18-10-8-13;1-2-11-21(10-1)15-5-3-4-14(12-15)17-19-16(20-22-17)13-6-8-18-9-7-13;1-3-13(15-5-2-10-21-15)11-14(4-1)17-19-16(20-22-17)12-6-8-18-9-7-12;1-2-12(14-9-21-10-18-14)8-13(3-1)16-19-15(20-22-16)11-4-6-17-7-5-11;1-19(2)13-5-3-4-12(10-13)15-17-14(18-20-15)11-6-8-16-9-7-11;1-15-12-4-2-3-11(9-12)14-17-13(18-19-14)10-5-7-16-8-6-10/h3-10H,1-2,11-12H2;3-9,12H,1-2,10-11H2;1-11H;1-10H;3-10H,1-2H3;2-9,15H,1H3. The molecule has 127 heavy (non-hydrogen) atoms. The summed E-state index contributed by atoms with van der Waals surface area (Å²) >= 11 is 0. The number of furan rings is 1.